The van der Waals surface area contributed by atoms with E-state index in [2.05, 4.69) is 6.92 Å². The summed E-state index contributed by atoms with van der Waals surface area (Å²) in [5.41, 5.74) is 1.12. The van der Waals surface area contributed by atoms with E-state index in [1.165, 1.54) is 0 Å². The SMILES string of the molecule is CCOC(=O)C(C)N(C)C(C)c1ccc(Cl)cc1. The van der Waals surface area contributed by atoms with Crippen molar-refractivity contribution in [2.45, 2.75) is 32.9 Å². The lowest BCUT2D eigenvalue weighted by Crippen LogP contribution is -2.38. The second kappa shape index (κ2) is 6.76. The highest BCUT2D eigenvalue weighted by molar-refractivity contribution is 6.30. The van der Waals surface area contributed by atoms with Crippen molar-refractivity contribution < 1.29 is 9.53 Å². The molecule has 3 nitrogen and oxygen atoms in total. The molecule has 0 heterocycles. The Bertz CT molecular complexity index is 391. The van der Waals surface area contributed by atoms with Crippen LogP contribution in [0.5, 0.6) is 0 Å². The van der Waals surface area contributed by atoms with E-state index in [1.807, 2.05) is 50.1 Å². The lowest BCUT2D eigenvalue weighted by atomic mass is 10.1. The van der Waals surface area contributed by atoms with Crippen LogP contribution in [-0.4, -0.2) is 30.6 Å². The first kappa shape index (κ1) is 15.0. The fourth-order valence-corrected chi connectivity index (χ4v) is 1.87. The van der Waals surface area contributed by atoms with Gasteiger partial charge in [0.05, 0.1) is 6.61 Å². The van der Waals surface area contributed by atoms with Crippen LogP contribution in [0.25, 0.3) is 0 Å². The molecule has 1 rings (SSSR count). The molecule has 0 aliphatic carbocycles. The number of carbonyl (C=O) groups is 1. The summed E-state index contributed by atoms with van der Waals surface area (Å²) < 4.78 is 5.03. The summed E-state index contributed by atoms with van der Waals surface area (Å²) in [4.78, 5) is 13.7. The largest absolute Gasteiger partial charge is 0.465 e. The normalized spacial score (nSPS) is 14.3. The molecule has 0 aliphatic rings. The maximum absolute atomic E-state index is 11.7. The topological polar surface area (TPSA) is 29.5 Å². The van der Waals surface area contributed by atoms with Crippen molar-refractivity contribution in [2.24, 2.45) is 0 Å². The van der Waals surface area contributed by atoms with Crippen molar-refractivity contribution >= 4 is 17.6 Å². The molecular weight excluding hydrogens is 250 g/mol. The smallest absolute Gasteiger partial charge is 0.323 e. The van der Waals surface area contributed by atoms with Crippen LogP contribution in [0.2, 0.25) is 5.02 Å². The Labute approximate surface area is 114 Å². The summed E-state index contributed by atoms with van der Waals surface area (Å²) in [6.07, 6.45) is 0. The zero-order valence-electron chi connectivity index (χ0n) is 11.3. The maximum atomic E-state index is 11.7. The zero-order chi connectivity index (χ0) is 13.7. The minimum absolute atomic E-state index is 0.127. The number of nitrogens with zero attached hydrogens (tertiary/aromatic N) is 1. The number of hydrogen-bond donors (Lipinski definition) is 0. The minimum atomic E-state index is -0.268. The number of carbonyl (C=O) groups excluding carboxylic acids is 1. The number of hydrogen-bond acceptors (Lipinski definition) is 3. The molecule has 0 spiro atoms. The molecule has 0 radical (unpaired) electrons. The van der Waals surface area contributed by atoms with Gasteiger partial charge in [0.1, 0.15) is 6.04 Å². The Morgan fingerprint density at radius 1 is 1.33 bits per heavy atom. The summed E-state index contributed by atoms with van der Waals surface area (Å²) in [5, 5.41) is 0.715. The first-order valence-electron chi connectivity index (χ1n) is 6.11. The van der Waals surface area contributed by atoms with Gasteiger partial charge >= 0.3 is 5.97 Å². The van der Waals surface area contributed by atoms with Crippen LogP contribution in [0.3, 0.4) is 0 Å². The van der Waals surface area contributed by atoms with Crippen LogP contribution in [0.4, 0.5) is 0 Å². The Kier molecular flexibility index (Phi) is 5.63. The van der Waals surface area contributed by atoms with Gasteiger partial charge < -0.3 is 4.74 Å². The first-order chi connectivity index (χ1) is 8.47. The zero-order valence-corrected chi connectivity index (χ0v) is 12.1. The van der Waals surface area contributed by atoms with E-state index in [9.17, 15) is 4.79 Å². The summed E-state index contributed by atoms with van der Waals surface area (Å²) in [7, 11) is 1.92. The maximum Gasteiger partial charge on any atom is 0.323 e. The molecule has 100 valence electrons. The molecule has 0 N–H and O–H groups in total. The molecule has 1 aromatic carbocycles. The van der Waals surface area contributed by atoms with Crippen molar-refractivity contribution in [3.63, 3.8) is 0 Å². The van der Waals surface area contributed by atoms with E-state index in [1.54, 1.807) is 0 Å². The van der Waals surface area contributed by atoms with Gasteiger partial charge in [-0.2, -0.15) is 0 Å². The van der Waals surface area contributed by atoms with E-state index in [-0.39, 0.29) is 18.1 Å². The molecule has 0 bridgehead atoms. The van der Waals surface area contributed by atoms with E-state index in [4.69, 9.17) is 16.3 Å². The van der Waals surface area contributed by atoms with Crippen molar-refractivity contribution in [1.82, 2.24) is 4.90 Å². The van der Waals surface area contributed by atoms with Crippen LogP contribution < -0.4 is 0 Å². The number of esters is 1. The third-order valence-electron chi connectivity index (χ3n) is 3.20. The Morgan fingerprint density at radius 3 is 2.39 bits per heavy atom. The second-order valence-corrected chi connectivity index (χ2v) is 4.76. The standard InChI is InChI=1S/C14H20ClNO2/c1-5-18-14(17)11(3)16(4)10(2)12-6-8-13(15)9-7-12/h6-11H,5H2,1-4H3. The van der Waals surface area contributed by atoms with Crippen LogP contribution in [-0.2, 0) is 9.53 Å². The molecule has 2 unspecified atom stereocenters. The predicted octanol–water partition coefficient (Wildman–Crippen LogP) is 3.28. The monoisotopic (exact) mass is 269 g/mol. The van der Waals surface area contributed by atoms with Crippen molar-refractivity contribution in [3.05, 3.63) is 34.9 Å². The first-order valence-corrected chi connectivity index (χ1v) is 6.49. The Balaban J connectivity index is 2.74. The van der Waals surface area contributed by atoms with Gasteiger partial charge in [0.2, 0.25) is 0 Å². The lowest BCUT2D eigenvalue weighted by Gasteiger charge is -2.29. The predicted molar refractivity (Wildman–Crippen MR) is 73.7 cm³/mol. The fraction of sp³-hybridized carbons (Fsp3) is 0.500. The Hall–Kier alpha value is -1.06. The van der Waals surface area contributed by atoms with Crippen LogP contribution >= 0.6 is 11.6 Å². The summed E-state index contributed by atoms with van der Waals surface area (Å²) in [5.74, 6) is -0.194. The van der Waals surface area contributed by atoms with Gasteiger partial charge in [0.15, 0.2) is 0 Å². The number of likely N-dealkylation sites (N-methyl/N-ethyl adjacent to an activating group) is 1. The van der Waals surface area contributed by atoms with Gasteiger partial charge in [0.25, 0.3) is 0 Å². The molecule has 1 aromatic rings. The molecule has 0 amide bonds. The van der Waals surface area contributed by atoms with Gasteiger partial charge in [0, 0.05) is 11.1 Å². The van der Waals surface area contributed by atoms with Crippen molar-refractivity contribution in [3.8, 4) is 0 Å². The van der Waals surface area contributed by atoms with Crippen LogP contribution in [0, 0.1) is 0 Å². The second-order valence-electron chi connectivity index (χ2n) is 4.32. The lowest BCUT2D eigenvalue weighted by molar-refractivity contribution is -0.149. The molecule has 0 fully saturated rings. The highest BCUT2D eigenvalue weighted by atomic mass is 35.5. The highest BCUT2D eigenvalue weighted by Gasteiger charge is 2.23. The summed E-state index contributed by atoms with van der Waals surface area (Å²) in [6, 6.07) is 7.52. The van der Waals surface area contributed by atoms with Crippen molar-refractivity contribution in [2.75, 3.05) is 13.7 Å². The van der Waals surface area contributed by atoms with Gasteiger partial charge in [-0.25, -0.2) is 0 Å². The van der Waals surface area contributed by atoms with Crippen LogP contribution in [0.1, 0.15) is 32.4 Å². The van der Waals surface area contributed by atoms with E-state index < -0.39 is 0 Å². The van der Waals surface area contributed by atoms with E-state index in [0.29, 0.717) is 11.6 Å². The number of ether oxygens (including phenoxy) is 1. The average molecular weight is 270 g/mol. The molecular formula is C14H20ClNO2. The number of rotatable bonds is 5. The molecule has 18 heavy (non-hydrogen) atoms. The minimum Gasteiger partial charge on any atom is -0.465 e. The van der Waals surface area contributed by atoms with Gasteiger partial charge in [-0.1, -0.05) is 23.7 Å². The molecule has 2 atom stereocenters. The van der Waals surface area contributed by atoms with Crippen molar-refractivity contribution in [1.29, 1.82) is 0 Å². The number of benzene rings is 1. The molecule has 0 saturated carbocycles. The highest BCUT2D eigenvalue weighted by Crippen LogP contribution is 2.22. The van der Waals surface area contributed by atoms with E-state index in [0.717, 1.165) is 5.56 Å². The van der Waals surface area contributed by atoms with Gasteiger partial charge in [-0.3, -0.25) is 9.69 Å². The van der Waals surface area contributed by atoms with Crippen LogP contribution in [0.15, 0.2) is 24.3 Å². The summed E-state index contributed by atoms with van der Waals surface area (Å²) in [6.45, 7) is 6.13. The quantitative estimate of drug-likeness (QED) is 0.769. The van der Waals surface area contributed by atoms with Gasteiger partial charge in [-0.05, 0) is 45.5 Å². The molecule has 4 heteroatoms. The molecule has 0 aromatic heterocycles. The third kappa shape index (κ3) is 3.72. The molecule has 0 saturated heterocycles. The van der Waals surface area contributed by atoms with Gasteiger partial charge in [-0.15, -0.1) is 0 Å². The average Bonchev–Trinajstić information content (AvgIpc) is 2.37. The number of halogens is 1. The van der Waals surface area contributed by atoms with E-state index >= 15 is 0 Å². The fourth-order valence-electron chi connectivity index (χ4n) is 1.74. The summed E-state index contributed by atoms with van der Waals surface area (Å²) >= 11 is 5.86. The third-order valence-corrected chi connectivity index (χ3v) is 3.45. The molecule has 0 aliphatic heterocycles. The Morgan fingerprint density at radius 2 is 1.89 bits per heavy atom.